The Morgan fingerprint density at radius 2 is 2.17 bits per heavy atom. The summed E-state index contributed by atoms with van der Waals surface area (Å²) in [6, 6.07) is 2.44. The molecular weight excluding hydrogens is 329 g/mol. The van der Waals surface area contributed by atoms with E-state index in [9.17, 15) is 28.1 Å². The van der Waals surface area contributed by atoms with Crippen molar-refractivity contribution in [3.63, 3.8) is 0 Å². The van der Waals surface area contributed by atoms with Crippen LogP contribution in [-0.4, -0.2) is 30.6 Å². The molecule has 2 rings (SSSR count). The van der Waals surface area contributed by atoms with Crippen molar-refractivity contribution in [3.05, 3.63) is 33.9 Å². The summed E-state index contributed by atoms with van der Waals surface area (Å²) in [4.78, 5) is 23.8. The van der Waals surface area contributed by atoms with E-state index in [4.69, 9.17) is 4.74 Å². The highest BCUT2D eigenvalue weighted by Crippen LogP contribution is 2.37. The zero-order valence-electron chi connectivity index (χ0n) is 13.0. The lowest BCUT2D eigenvalue weighted by atomic mass is 9.97. The number of esters is 1. The van der Waals surface area contributed by atoms with Crippen molar-refractivity contribution in [2.75, 3.05) is 24.6 Å². The Morgan fingerprint density at radius 3 is 2.75 bits per heavy atom. The Bertz CT molecular complexity index is 634. The van der Waals surface area contributed by atoms with E-state index in [1.807, 2.05) is 0 Å². The highest BCUT2D eigenvalue weighted by molar-refractivity contribution is 5.74. The third-order valence-electron chi connectivity index (χ3n) is 3.88. The number of benzene rings is 1. The van der Waals surface area contributed by atoms with Crippen molar-refractivity contribution in [1.29, 1.82) is 0 Å². The Kier molecular flexibility index (Phi) is 5.30. The molecule has 9 heteroatoms. The Hall–Kier alpha value is -2.32. The van der Waals surface area contributed by atoms with E-state index in [1.165, 1.54) is 0 Å². The summed E-state index contributed by atoms with van der Waals surface area (Å²) >= 11 is 0. The molecule has 1 aliphatic rings. The fourth-order valence-electron chi connectivity index (χ4n) is 2.76. The third-order valence-corrected chi connectivity index (χ3v) is 3.88. The van der Waals surface area contributed by atoms with Crippen LogP contribution in [0, 0.1) is 16.0 Å². The van der Waals surface area contributed by atoms with E-state index >= 15 is 0 Å². The lowest BCUT2D eigenvalue weighted by Gasteiger charge is -2.33. The first kappa shape index (κ1) is 18.0. The molecule has 0 amide bonds. The maximum Gasteiger partial charge on any atom is 0.416 e. The molecule has 24 heavy (non-hydrogen) atoms. The lowest BCUT2D eigenvalue weighted by molar-refractivity contribution is -0.384. The van der Waals surface area contributed by atoms with Gasteiger partial charge in [-0.15, -0.1) is 0 Å². The summed E-state index contributed by atoms with van der Waals surface area (Å²) in [5, 5.41) is 11.2. The molecule has 1 heterocycles. The SMILES string of the molecule is CCOC(=O)[C@H]1CCCN(c2ccc(C(F)(F)F)cc2[N+](=O)[O-])C1. The minimum Gasteiger partial charge on any atom is -0.466 e. The number of nitro benzene ring substituents is 1. The van der Waals surface area contributed by atoms with Crippen molar-refractivity contribution >= 4 is 17.3 Å². The smallest absolute Gasteiger partial charge is 0.416 e. The Balaban J connectivity index is 2.30. The number of piperidine rings is 1. The van der Waals surface area contributed by atoms with Crippen molar-refractivity contribution in [1.82, 2.24) is 0 Å². The molecule has 0 aliphatic carbocycles. The maximum absolute atomic E-state index is 12.8. The van der Waals surface area contributed by atoms with Crippen molar-refractivity contribution in [2.24, 2.45) is 5.92 Å². The highest BCUT2D eigenvalue weighted by atomic mass is 19.4. The second-order valence-electron chi connectivity index (χ2n) is 5.50. The van der Waals surface area contributed by atoms with Gasteiger partial charge in [0.15, 0.2) is 0 Å². The van der Waals surface area contributed by atoms with Crippen molar-refractivity contribution < 1.29 is 27.6 Å². The van der Waals surface area contributed by atoms with Gasteiger partial charge in [0.05, 0.1) is 23.0 Å². The van der Waals surface area contributed by atoms with Crippen LogP contribution in [0.3, 0.4) is 0 Å². The van der Waals surface area contributed by atoms with Crippen LogP contribution < -0.4 is 4.90 Å². The zero-order valence-corrected chi connectivity index (χ0v) is 13.0. The van der Waals surface area contributed by atoms with Gasteiger partial charge in [0, 0.05) is 19.2 Å². The molecule has 0 N–H and O–H groups in total. The molecule has 0 radical (unpaired) electrons. The first-order chi connectivity index (χ1) is 11.2. The van der Waals surface area contributed by atoms with E-state index in [-0.39, 0.29) is 18.8 Å². The summed E-state index contributed by atoms with van der Waals surface area (Å²) in [6.45, 7) is 2.53. The van der Waals surface area contributed by atoms with E-state index in [0.29, 0.717) is 25.5 Å². The Morgan fingerprint density at radius 1 is 1.46 bits per heavy atom. The van der Waals surface area contributed by atoms with Crippen LogP contribution in [0.15, 0.2) is 18.2 Å². The van der Waals surface area contributed by atoms with Gasteiger partial charge in [-0.1, -0.05) is 0 Å². The van der Waals surface area contributed by atoms with E-state index in [1.54, 1.807) is 11.8 Å². The minimum atomic E-state index is -4.65. The molecule has 1 aromatic rings. The molecule has 132 valence electrons. The molecule has 0 bridgehead atoms. The van der Waals surface area contributed by atoms with Gasteiger partial charge in [0.2, 0.25) is 0 Å². The van der Waals surface area contributed by atoms with Crippen LogP contribution in [0.25, 0.3) is 0 Å². The van der Waals surface area contributed by atoms with Gasteiger partial charge in [-0.25, -0.2) is 0 Å². The summed E-state index contributed by atoms with van der Waals surface area (Å²) < 4.78 is 43.2. The zero-order chi connectivity index (χ0) is 17.9. The molecule has 1 atom stereocenters. The number of rotatable bonds is 4. The lowest BCUT2D eigenvalue weighted by Crippen LogP contribution is -2.39. The number of carbonyl (C=O) groups is 1. The highest BCUT2D eigenvalue weighted by Gasteiger charge is 2.35. The van der Waals surface area contributed by atoms with E-state index in [2.05, 4.69) is 0 Å². The standard InChI is InChI=1S/C15H17F3N2O4/c1-2-24-14(21)10-4-3-7-19(9-10)12-6-5-11(15(16,17)18)8-13(12)20(22)23/h5-6,8,10H,2-4,7,9H2,1H3/t10-/m0/s1. The predicted molar refractivity (Wildman–Crippen MR) is 79.7 cm³/mol. The molecule has 0 spiro atoms. The normalized spacial score (nSPS) is 18.3. The van der Waals surface area contributed by atoms with Crippen LogP contribution in [0.2, 0.25) is 0 Å². The van der Waals surface area contributed by atoms with Crippen LogP contribution in [0.5, 0.6) is 0 Å². The molecular formula is C15H17F3N2O4. The summed E-state index contributed by atoms with van der Waals surface area (Å²) in [5.74, 6) is -0.836. The largest absolute Gasteiger partial charge is 0.466 e. The van der Waals surface area contributed by atoms with Gasteiger partial charge >= 0.3 is 12.1 Å². The number of hydrogen-bond donors (Lipinski definition) is 0. The first-order valence-electron chi connectivity index (χ1n) is 7.51. The molecule has 0 saturated carbocycles. The first-order valence-corrected chi connectivity index (χ1v) is 7.51. The molecule has 1 aromatic carbocycles. The Labute approximate surface area is 136 Å². The summed E-state index contributed by atoms with van der Waals surface area (Å²) in [5.41, 5.74) is -1.60. The number of hydrogen-bond acceptors (Lipinski definition) is 5. The topological polar surface area (TPSA) is 72.7 Å². The van der Waals surface area contributed by atoms with Gasteiger partial charge in [-0.3, -0.25) is 14.9 Å². The van der Waals surface area contributed by atoms with Gasteiger partial charge in [0.1, 0.15) is 5.69 Å². The molecule has 0 unspecified atom stereocenters. The van der Waals surface area contributed by atoms with Crippen molar-refractivity contribution in [3.8, 4) is 0 Å². The summed E-state index contributed by atoms with van der Waals surface area (Å²) in [6.07, 6.45) is -3.47. The fourth-order valence-corrected chi connectivity index (χ4v) is 2.76. The van der Waals surface area contributed by atoms with Gasteiger partial charge in [0.25, 0.3) is 5.69 Å². The monoisotopic (exact) mass is 346 g/mol. The number of carbonyl (C=O) groups excluding carboxylic acids is 1. The predicted octanol–water partition coefficient (Wildman–Crippen LogP) is 3.39. The number of alkyl halides is 3. The van der Waals surface area contributed by atoms with Gasteiger partial charge in [-0.2, -0.15) is 13.2 Å². The third kappa shape index (κ3) is 3.95. The number of halogens is 3. The number of anilines is 1. The fraction of sp³-hybridized carbons (Fsp3) is 0.533. The number of ether oxygens (including phenoxy) is 1. The average molecular weight is 346 g/mol. The minimum absolute atomic E-state index is 0.0852. The average Bonchev–Trinajstić information content (AvgIpc) is 2.53. The number of nitro groups is 1. The molecule has 1 aliphatic heterocycles. The van der Waals surface area contributed by atoms with Crippen LogP contribution in [-0.2, 0) is 15.7 Å². The van der Waals surface area contributed by atoms with E-state index < -0.39 is 34.2 Å². The van der Waals surface area contributed by atoms with Crippen molar-refractivity contribution in [2.45, 2.75) is 25.9 Å². The molecule has 0 aromatic heterocycles. The van der Waals surface area contributed by atoms with Gasteiger partial charge in [-0.05, 0) is 31.9 Å². The van der Waals surface area contributed by atoms with Crippen LogP contribution >= 0.6 is 0 Å². The van der Waals surface area contributed by atoms with Gasteiger partial charge < -0.3 is 9.64 Å². The molecule has 1 fully saturated rings. The quantitative estimate of drug-likeness (QED) is 0.475. The summed E-state index contributed by atoms with van der Waals surface area (Å²) in [7, 11) is 0. The second kappa shape index (κ2) is 7.06. The molecule has 6 nitrogen and oxygen atoms in total. The van der Waals surface area contributed by atoms with Crippen LogP contribution in [0.1, 0.15) is 25.3 Å². The van der Waals surface area contributed by atoms with Crippen LogP contribution in [0.4, 0.5) is 24.5 Å². The maximum atomic E-state index is 12.8. The molecule has 1 saturated heterocycles. The second-order valence-corrected chi connectivity index (χ2v) is 5.50. The number of nitrogens with zero attached hydrogens (tertiary/aromatic N) is 2. The van der Waals surface area contributed by atoms with E-state index in [0.717, 1.165) is 12.1 Å².